The highest BCUT2D eigenvalue weighted by Gasteiger charge is 2.48. The summed E-state index contributed by atoms with van der Waals surface area (Å²) in [5, 5.41) is 18.2. The highest BCUT2D eigenvalue weighted by atomic mass is 16.4. The summed E-state index contributed by atoms with van der Waals surface area (Å²) in [4.78, 5) is 22.9. The summed E-state index contributed by atoms with van der Waals surface area (Å²) in [6.07, 6.45) is 3.38. The molecule has 6 heteroatoms. The number of carboxylic acids is 1. The van der Waals surface area contributed by atoms with Gasteiger partial charge in [-0.25, -0.2) is 4.79 Å². The largest absolute Gasteiger partial charge is 0.480 e. The number of hydrogen-bond donors (Lipinski definition) is 3. The number of aliphatic carboxylic acids is 1. The maximum atomic E-state index is 11.7. The molecule has 17 heavy (non-hydrogen) atoms. The van der Waals surface area contributed by atoms with E-state index in [0.717, 1.165) is 12.8 Å². The van der Waals surface area contributed by atoms with Crippen LogP contribution in [0.15, 0.2) is 12.3 Å². The van der Waals surface area contributed by atoms with Gasteiger partial charge >= 0.3 is 5.97 Å². The molecule has 1 aromatic heterocycles. The standard InChI is InChI=1S/C11H15N3O3/c1-11(10(16)17,7-2-3-7)13-9(15)6-8-4-5-12-14-8/h4-5,7H,2-3,6H2,1H3,(H,12,14)(H,13,15)(H,16,17). The Hall–Kier alpha value is -1.85. The minimum atomic E-state index is -1.14. The van der Waals surface area contributed by atoms with Crippen LogP contribution >= 0.6 is 0 Å². The van der Waals surface area contributed by atoms with Crippen molar-refractivity contribution in [2.24, 2.45) is 5.92 Å². The van der Waals surface area contributed by atoms with Crippen LogP contribution in [0.4, 0.5) is 0 Å². The highest BCUT2D eigenvalue weighted by Crippen LogP contribution is 2.39. The zero-order chi connectivity index (χ0) is 12.5. The van der Waals surface area contributed by atoms with Gasteiger partial charge in [0.15, 0.2) is 0 Å². The number of nitrogens with zero attached hydrogens (tertiary/aromatic N) is 1. The third-order valence-corrected chi connectivity index (χ3v) is 3.15. The van der Waals surface area contributed by atoms with Crippen LogP contribution in [0.5, 0.6) is 0 Å². The van der Waals surface area contributed by atoms with Crippen molar-refractivity contribution in [3.05, 3.63) is 18.0 Å². The minimum absolute atomic E-state index is 0.0470. The first kappa shape index (κ1) is 11.6. The van der Waals surface area contributed by atoms with Crippen molar-refractivity contribution in [1.82, 2.24) is 15.5 Å². The van der Waals surface area contributed by atoms with Crippen LogP contribution in [-0.2, 0) is 16.0 Å². The summed E-state index contributed by atoms with van der Waals surface area (Å²) in [6.45, 7) is 1.57. The Balaban J connectivity index is 1.99. The molecule has 0 saturated heterocycles. The number of aromatic nitrogens is 2. The Morgan fingerprint density at radius 3 is 2.82 bits per heavy atom. The molecule has 0 bridgehead atoms. The van der Waals surface area contributed by atoms with Crippen LogP contribution in [0.25, 0.3) is 0 Å². The van der Waals surface area contributed by atoms with Gasteiger partial charge in [0.05, 0.1) is 6.42 Å². The molecule has 1 fully saturated rings. The summed E-state index contributed by atoms with van der Waals surface area (Å²) in [5.41, 5.74) is -0.470. The lowest BCUT2D eigenvalue weighted by Crippen LogP contribution is -2.54. The second kappa shape index (κ2) is 4.20. The normalized spacial score (nSPS) is 18.4. The summed E-state index contributed by atoms with van der Waals surface area (Å²) >= 11 is 0. The van der Waals surface area contributed by atoms with Crippen molar-refractivity contribution in [3.8, 4) is 0 Å². The summed E-state index contributed by atoms with van der Waals surface area (Å²) in [6, 6.07) is 1.69. The van der Waals surface area contributed by atoms with Crippen molar-refractivity contribution >= 4 is 11.9 Å². The van der Waals surface area contributed by atoms with Gasteiger partial charge in [-0.05, 0) is 31.7 Å². The first-order valence-electron chi connectivity index (χ1n) is 5.55. The van der Waals surface area contributed by atoms with Crippen molar-refractivity contribution in [3.63, 3.8) is 0 Å². The number of amides is 1. The fourth-order valence-electron chi connectivity index (χ4n) is 1.88. The molecule has 1 aliphatic carbocycles. The van der Waals surface area contributed by atoms with E-state index in [1.165, 1.54) is 0 Å². The quantitative estimate of drug-likeness (QED) is 0.687. The highest BCUT2D eigenvalue weighted by molar-refractivity contribution is 5.88. The fraction of sp³-hybridized carbons (Fsp3) is 0.545. The third-order valence-electron chi connectivity index (χ3n) is 3.15. The molecule has 1 unspecified atom stereocenters. The molecule has 1 atom stereocenters. The lowest BCUT2D eigenvalue weighted by molar-refractivity contribution is -0.147. The van der Waals surface area contributed by atoms with Crippen LogP contribution in [0.3, 0.4) is 0 Å². The molecule has 1 aromatic rings. The average Bonchev–Trinajstić information content (AvgIpc) is 2.99. The van der Waals surface area contributed by atoms with Crippen molar-refractivity contribution in [2.45, 2.75) is 31.7 Å². The van der Waals surface area contributed by atoms with Gasteiger partial charge in [0.2, 0.25) is 5.91 Å². The fourth-order valence-corrected chi connectivity index (χ4v) is 1.88. The minimum Gasteiger partial charge on any atom is -0.480 e. The van der Waals surface area contributed by atoms with Crippen LogP contribution in [0, 0.1) is 5.92 Å². The van der Waals surface area contributed by atoms with Gasteiger partial charge in [-0.2, -0.15) is 5.10 Å². The zero-order valence-corrected chi connectivity index (χ0v) is 9.56. The predicted molar refractivity (Wildman–Crippen MR) is 59.2 cm³/mol. The number of hydrogen-bond acceptors (Lipinski definition) is 3. The number of H-pyrrole nitrogens is 1. The van der Waals surface area contributed by atoms with E-state index in [-0.39, 0.29) is 18.2 Å². The van der Waals surface area contributed by atoms with Gasteiger partial charge < -0.3 is 10.4 Å². The van der Waals surface area contributed by atoms with E-state index in [1.807, 2.05) is 0 Å². The number of carbonyl (C=O) groups excluding carboxylic acids is 1. The van der Waals surface area contributed by atoms with E-state index in [4.69, 9.17) is 0 Å². The van der Waals surface area contributed by atoms with E-state index in [9.17, 15) is 14.7 Å². The van der Waals surface area contributed by atoms with E-state index in [2.05, 4.69) is 15.5 Å². The van der Waals surface area contributed by atoms with Gasteiger partial charge in [-0.3, -0.25) is 9.89 Å². The number of nitrogens with one attached hydrogen (secondary N) is 2. The SMILES string of the molecule is CC(NC(=O)Cc1ccn[nH]1)(C(=O)O)C1CC1. The van der Waals surface area contributed by atoms with E-state index >= 15 is 0 Å². The molecule has 0 spiro atoms. The van der Waals surface area contributed by atoms with E-state index < -0.39 is 11.5 Å². The first-order chi connectivity index (χ1) is 8.02. The molecule has 2 rings (SSSR count). The molecule has 0 aliphatic heterocycles. The Morgan fingerprint density at radius 1 is 1.65 bits per heavy atom. The molecule has 1 aliphatic rings. The van der Waals surface area contributed by atoms with E-state index in [1.54, 1.807) is 19.2 Å². The van der Waals surface area contributed by atoms with Crippen LogP contribution in [-0.4, -0.2) is 32.7 Å². The number of rotatable bonds is 5. The molecule has 1 heterocycles. The first-order valence-corrected chi connectivity index (χ1v) is 5.55. The lowest BCUT2D eigenvalue weighted by Gasteiger charge is -2.25. The molecule has 0 aromatic carbocycles. The lowest BCUT2D eigenvalue weighted by atomic mass is 9.95. The van der Waals surface area contributed by atoms with Gasteiger partial charge in [-0.1, -0.05) is 0 Å². The smallest absolute Gasteiger partial charge is 0.329 e. The monoisotopic (exact) mass is 237 g/mol. The van der Waals surface area contributed by atoms with Crippen molar-refractivity contribution in [1.29, 1.82) is 0 Å². The Morgan fingerprint density at radius 2 is 2.35 bits per heavy atom. The molecule has 6 nitrogen and oxygen atoms in total. The summed E-state index contributed by atoms with van der Waals surface area (Å²) in [5.74, 6) is -1.23. The van der Waals surface area contributed by atoms with Gasteiger partial charge in [0.1, 0.15) is 5.54 Å². The maximum absolute atomic E-state index is 11.7. The molecular weight excluding hydrogens is 222 g/mol. The zero-order valence-electron chi connectivity index (χ0n) is 9.56. The van der Waals surface area contributed by atoms with Crippen molar-refractivity contribution < 1.29 is 14.7 Å². The maximum Gasteiger partial charge on any atom is 0.329 e. The predicted octanol–water partition coefficient (Wildman–Crippen LogP) is 0.322. The van der Waals surface area contributed by atoms with Crippen LogP contribution in [0.2, 0.25) is 0 Å². The van der Waals surface area contributed by atoms with Gasteiger partial charge in [-0.15, -0.1) is 0 Å². The van der Waals surface area contributed by atoms with Gasteiger partial charge in [0, 0.05) is 11.9 Å². The molecule has 1 amide bonds. The van der Waals surface area contributed by atoms with Crippen LogP contribution in [0.1, 0.15) is 25.5 Å². The summed E-state index contributed by atoms with van der Waals surface area (Å²) in [7, 11) is 0. The average molecular weight is 237 g/mol. The number of aromatic amines is 1. The Bertz CT molecular complexity index is 425. The molecular formula is C11H15N3O3. The topological polar surface area (TPSA) is 95.1 Å². The van der Waals surface area contributed by atoms with Crippen LogP contribution < -0.4 is 5.32 Å². The van der Waals surface area contributed by atoms with Gasteiger partial charge in [0.25, 0.3) is 0 Å². The second-order valence-electron chi connectivity index (χ2n) is 4.59. The Kier molecular flexibility index (Phi) is 2.87. The number of carbonyl (C=O) groups is 2. The van der Waals surface area contributed by atoms with Crippen molar-refractivity contribution in [2.75, 3.05) is 0 Å². The molecule has 1 saturated carbocycles. The Labute approximate surface area is 98.4 Å². The third kappa shape index (κ3) is 2.46. The summed E-state index contributed by atoms with van der Waals surface area (Å²) < 4.78 is 0. The second-order valence-corrected chi connectivity index (χ2v) is 4.59. The molecule has 92 valence electrons. The molecule has 3 N–H and O–H groups in total. The van der Waals surface area contributed by atoms with E-state index in [0.29, 0.717) is 5.69 Å². The number of carboxylic acid groups (broad SMARTS) is 1. The molecule has 0 radical (unpaired) electrons.